The lowest BCUT2D eigenvalue weighted by atomic mass is 10.1. The topological polar surface area (TPSA) is 16.1 Å². The molecule has 0 radical (unpaired) electrons. The molecule has 2 nitrogen and oxygen atoms in total. The van der Waals surface area contributed by atoms with Gasteiger partial charge in [-0.15, -0.1) is 0 Å². The molecule has 64 valence electrons. The number of likely N-dealkylation sites (N-methyl/N-ethyl adjacent to an activating group) is 1. The highest BCUT2D eigenvalue weighted by Gasteiger charge is 2.13. The first kappa shape index (κ1) is 8.02. The molecular weight excluding hydrogens is 172 g/mol. The molecule has 1 aliphatic heterocycles. The van der Waals surface area contributed by atoms with E-state index in [9.17, 15) is 0 Å². The summed E-state index contributed by atoms with van der Waals surface area (Å²) in [4.78, 5) is 6.54. The van der Waals surface area contributed by atoms with Crippen molar-refractivity contribution in [2.24, 2.45) is 0 Å². The number of pyridine rings is 1. The number of hydrogen-bond acceptors (Lipinski definition) is 2. The van der Waals surface area contributed by atoms with Gasteiger partial charge in [0.25, 0.3) is 0 Å². The number of hydrogen-bond donors (Lipinski definition) is 0. The van der Waals surface area contributed by atoms with Crippen LogP contribution in [-0.2, 0) is 13.0 Å². The molecule has 0 saturated heterocycles. The number of halogens is 1. The first-order valence-corrected chi connectivity index (χ1v) is 4.46. The largest absolute Gasteiger partial charge is 0.300 e. The second-order valence-corrected chi connectivity index (χ2v) is 3.61. The van der Waals surface area contributed by atoms with Crippen LogP contribution in [0.1, 0.15) is 11.3 Å². The van der Waals surface area contributed by atoms with Gasteiger partial charge in [0.05, 0.1) is 5.69 Å². The van der Waals surface area contributed by atoms with Crippen molar-refractivity contribution >= 4 is 11.6 Å². The molecule has 0 spiro atoms. The molecular formula is C9H11ClN2. The van der Waals surface area contributed by atoms with Crippen LogP contribution in [0.2, 0.25) is 5.15 Å². The standard InChI is InChI=1S/C9H11ClN2/c1-12-5-4-7-2-3-9(10)11-8(7)6-12/h2-3H,4-6H2,1H3. The van der Waals surface area contributed by atoms with E-state index < -0.39 is 0 Å². The fourth-order valence-corrected chi connectivity index (χ4v) is 1.68. The van der Waals surface area contributed by atoms with Crippen LogP contribution in [0.15, 0.2) is 12.1 Å². The summed E-state index contributed by atoms with van der Waals surface area (Å²) in [6.07, 6.45) is 1.09. The van der Waals surface area contributed by atoms with Gasteiger partial charge in [-0.05, 0) is 25.1 Å². The zero-order valence-corrected chi connectivity index (χ0v) is 7.80. The van der Waals surface area contributed by atoms with Crippen molar-refractivity contribution in [1.29, 1.82) is 0 Å². The van der Waals surface area contributed by atoms with E-state index in [4.69, 9.17) is 11.6 Å². The van der Waals surface area contributed by atoms with Gasteiger partial charge in [0, 0.05) is 13.1 Å². The van der Waals surface area contributed by atoms with Gasteiger partial charge in [-0.2, -0.15) is 0 Å². The monoisotopic (exact) mass is 182 g/mol. The van der Waals surface area contributed by atoms with E-state index in [2.05, 4.69) is 23.0 Å². The minimum atomic E-state index is 0.601. The summed E-state index contributed by atoms with van der Waals surface area (Å²) in [5.41, 5.74) is 2.48. The average Bonchev–Trinajstić information content (AvgIpc) is 2.03. The molecule has 1 aromatic heterocycles. The highest BCUT2D eigenvalue weighted by Crippen LogP contribution is 2.17. The average molecular weight is 183 g/mol. The Labute approximate surface area is 77.2 Å². The van der Waals surface area contributed by atoms with Gasteiger partial charge >= 0.3 is 0 Å². The first-order chi connectivity index (χ1) is 5.75. The first-order valence-electron chi connectivity index (χ1n) is 4.08. The molecule has 0 aromatic carbocycles. The van der Waals surface area contributed by atoms with Crippen molar-refractivity contribution in [1.82, 2.24) is 9.88 Å². The van der Waals surface area contributed by atoms with E-state index in [1.165, 1.54) is 5.56 Å². The predicted octanol–water partition coefficient (Wildman–Crippen LogP) is 1.72. The summed E-state index contributed by atoms with van der Waals surface area (Å²) in [6, 6.07) is 3.95. The quantitative estimate of drug-likeness (QED) is 0.568. The zero-order chi connectivity index (χ0) is 8.55. The van der Waals surface area contributed by atoms with Gasteiger partial charge < -0.3 is 4.90 Å². The lowest BCUT2D eigenvalue weighted by Gasteiger charge is -2.23. The van der Waals surface area contributed by atoms with Gasteiger partial charge in [-0.25, -0.2) is 4.98 Å². The molecule has 1 aliphatic rings. The van der Waals surface area contributed by atoms with Crippen molar-refractivity contribution < 1.29 is 0 Å². The molecule has 12 heavy (non-hydrogen) atoms. The van der Waals surface area contributed by atoms with Crippen LogP contribution in [0, 0.1) is 0 Å². The van der Waals surface area contributed by atoms with Crippen LogP contribution in [0.5, 0.6) is 0 Å². The number of rotatable bonds is 0. The van der Waals surface area contributed by atoms with Crippen molar-refractivity contribution in [3.05, 3.63) is 28.5 Å². The number of aromatic nitrogens is 1. The highest BCUT2D eigenvalue weighted by atomic mass is 35.5. The van der Waals surface area contributed by atoms with E-state index in [1.807, 2.05) is 6.07 Å². The van der Waals surface area contributed by atoms with Gasteiger partial charge in [0.15, 0.2) is 0 Å². The molecule has 3 heteroatoms. The van der Waals surface area contributed by atoms with E-state index in [0.717, 1.165) is 25.2 Å². The number of fused-ring (bicyclic) bond motifs is 1. The summed E-state index contributed by atoms with van der Waals surface area (Å²) < 4.78 is 0. The fourth-order valence-electron chi connectivity index (χ4n) is 1.51. The Morgan fingerprint density at radius 3 is 3.17 bits per heavy atom. The van der Waals surface area contributed by atoms with Gasteiger partial charge in [0.1, 0.15) is 5.15 Å². The third-order valence-electron chi connectivity index (χ3n) is 2.22. The summed E-state index contributed by atoms with van der Waals surface area (Å²) in [5.74, 6) is 0. The second kappa shape index (κ2) is 3.04. The van der Waals surface area contributed by atoms with E-state index >= 15 is 0 Å². The maximum absolute atomic E-state index is 5.79. The molecule has 0 saturated carbocycles. The van der Waals surface area contributed by atoms with Crippen LogP contribution < -0.4 is 0 Å². The fraction of sp³-hybridized carbons (Fsp3) is 0.444. The molecule has 0 unspecified atom stereocenters. The van der Waals surface area contributed by atoms with E-state index in [0.29, 0.717) is 5.15 Å². The number of nitrogens with zero attached hydrogens (tertiary/aromatic N) is 2. The SMILES string of the molecule is CN1CCc2ccc(Cl)nc2C1. The van der Waals surface area contributed by atoms with Crippen molar-refractivity contribution in [2.45, 2.75) is 13.0 Å². The molecule has 2 heterocycles. The molecule has 0 bridgehead atoms. The summed E-state index contributed by atoms with van der Waals surface area (Å²) in [7, 11) is 2.10. The Bertz CT molecular complexity index is 299. The maximum Gasteiger partial charge on any atom is 0.129 e. The smallest absolute Gasteiger partial charge is 0.129 e. The van der Waals surface area contributed by atoms with Gasteiger partial charge in [-0.1, -0.05) is 17.7 Å². The normalized spacial score (nSPS) is 17.5. The minimum Gasteiger partial charge on any atom is -0.300 e. The molecule has 0 amide bonds. The molecule has 0 fully saturated rings. The Balaban J connectivity index is 2.37. The van der Waals surface area contributed by atoms with Crippen molar-refractivity contribution in [2.75, 3.05) is 13.6 Å². The summed E-state index contributed by atoms with van der Waals surface area (Å²) in [6.45, 7) is 2.05. The lowest BCUT2D eigenvalue weighted by molar-refractivity contribution is 0.307. The molecule has 0 aliphatic carbocycles. The third-order valence-corrected chi connectivity index (χ3v) is 2.43. The predicted molar refractivity (Wildman–Crippen MR) is 49.3 cm³/mol. The minimum absolute atomic E-state index is 0.601. The van der Waals surface area contributed by atoms with Gasteiger partial charge in [-0.3, -0.25) is 0 Å². The van der Waals surface area contributed by atoms with Crippen LogP contribution in [-0.4, -0.2) is 23.5 Å². The molecule has 0 N–H and O–H groups in total. The Morgan fingerprint density at radius 2 is 2.33 bits per heavy atom. The molecule has 1 aromatic rings. The van der Waals surface area contributed by atoms with E-state index in [1.54, 1.807) is 0 Å². The maximum atomic E-state index is 5.79. The van der Waals surface area contributed by atoms with Crippen molar-refractivity contribution in [3.8, 4) is 0 Å². The molecule has 0 atom stereocenters. The summed E-state index contributed by atoms with van der Waals surface area (Å²) >= 11 is 5.79. The zero-order valence-electron chi connectivity index (χ0n) is 7.05. The molecule has 2 rings (SSSR count). The van der Waals surface area contributed by atoms with Gasteiger partial charge in [0.2, 0.25) is 0 Å². The highest BCUT2D eigenvalue weighted by molar-refractivity contribution is 6.29. The Morgan fingerprint density at radius 1 is 1.50 bits per heavy atom. The second-order valence-electron chi connectivity index (χ2n) is 3.23. The van der Waals surface area contributed by atoms with Crippen LogP contribution >= 0.6 is 11.6 Å². The van der Waals surface area contributed by atoms with Crippen LogP contribution in [0.3, 0.4) is 0 Å². The third kappa shape index (κ3) is 1.45. The summed E-state index contributed by atoms with van der Waals surface area (Å²) in [5, 5.41) is 0.601. The van der Waals surface area contributed by atoms with E-state index in [-0.39, 0.29) is 0 Å². The Kier molecular flexibility index (Phi) is 2.03. The van der Waals surface area contributed by atoms with Crippen LogP contribution in [0.4, 0.5) is 0 Å². The Hall–Kier alpha value is -0.600. The van der Waals surface area contributed by atoms with Crippen molar-refractivity contribution in [3.63, 3.8) is 0 Å². The lowest BCUT2D eigenvalue weighted by Crippen LogP contribution is -2.27. The van der Waals surface area contributed by atoms with Crippen LogP contribution in [0.25, 0.3) is 0 Å².